The molecule has 1 aliphatic rings. The number of hydrogen-bond acceptors (Lipinski definition) is 5. The van der Waals surface area contributed by atoms with E-state index in [9.17, 15) is 4.79 Å². The highest BCUT2D eigenvalue weighted by Crippen LogP contribution is 2.46. The van der Waals surface area contributed by atoms with E-state index < -0.39 is 6.03 Å². The predicted molar refractivity (Wildman–Crippen MR) is 99.7 cm³/mol. The number of nitrogens with zero attached hydrogens (tertiary/aromatic N) is 3. The summed E-state index contributed by atoms with van der Waals surface area (Å²) < 4.78 is 8.51. The van der Waals surface area contributed by atoms with Crippen LogP contribution in [0.3, 0.4) is 0 Å². The number of carbonyl (C=O) groups is 1. The van der Waals surface area contributed by atoms with Crippen molar-refractivity contribution in [1.82, 2.24) is 14.1 Å². The molecule has 7 heteroatoms. The molecule has 0 spiro atoms. The lowest BCUT2D eigenvalue weighted by Crippen LogP contribution is -2.59. The van der Waals surface area contributed by atoms with Crippen LogP contribution in [0.1, 0.15) is 35.4 Å². The van der Waals surface area contributed by atoms with Crippen LogP contribution < -0.4 is 11.1 Å². The van der Waals surface area contributed by atoms with Crippen molar-refractivity contribution in [1.29, 1.82) is 5.26 Å². The number of primary amides is 1. The van der Waals surface area contributed by atoms with Crippen LogP contribution in [0.25, 0.3) is 11.0 Å². The first-order chi connectivity index (χ1) is 12.6. The molecular weight excluding hydrogens is 346 g/mol. The number of nitrogens with one attached hydrogen (secondary N) is 1. The number of urea groups is 1. The first kappa shape index (κ1) is 16.5. The highest BCUT2D eigenvalue weighted by Gasteiger charge is 2.45. The standard InChI is InChI=1S/C19H17N5OS/c20-11-12-1-4-14(5-2-12)15-9-19(10-15,22-18(21)25)8-13-3-6-16-17(7-13)24-26-23-16/h1-7,15H,8-10H2,(H3,21,22,25). The average molecular weight is 363 g/mol. The summed E-state index contributed by atoms with van der Waals surface area (Å²) in [4.78, 5) is 11.6. The van der Waals surface area contributed by atoms with Crippen molar-refractivity contribution in [2.75, 3.05) is 0 Å². The molecule has 26 heavy (non-hydrogen) atoms. The number of nitriles is 1. The van der Waals surface area contributed by atoms with E-state index >= 15 is 0 Å². The van der Waals surface area contributed by atoms with Gasteiger partial charge in [0.05, 0.1) is 23.4 Å². The topological polar surface area (TPSA) is 105 Å². The summed E-state index contributed by atoms with van der Waals surface area (Å²) >= 11 is 1.20. The maximum Gasteiger partial charge on any atom is 0.312 e. The summed E-state index contributed by atoms with van der Waals surface area (Å²) in [6.07, 6.45) is 2.33. The molecule has 2 amide bonds. The van der Waals surface area contributed by atoms with Gasteiger partial charge in [0, 0.05) is 5.54 Å². The molecule has 3 N–H and O–H groups in total. The summed E-state index contributed by atoms with van der Waals surface area (Å²) in [6.45, 7) is 0. The van der Waals surface area contributed by atoms with Gasteiger partial charge in [0.1, 0.15) is 11.0 Å². The van der Waals surface area contributed by atoms with E-state index in [2.05, 4.69) is 20.1 Å². The Morgan fingerprint density at radius 1 is 1.23 bits per heavy atom. The van der Waals surface area contributed by atoms with Crippen LogP contribution in [-0.2, 0) is 6.42 Å². The molecule has 1 fully saturated rings. The Hall–Kier alpha value is -2.98. The summed E-state index contributed by atoms with van der Waals surface area (Å²) in [7, 11) is 0. The van der Waals surface area contributed by atoms with Gasteiger partial charge in [0.25, 0.3) is 0 Å². The van der Waals surface area contributed by atoms with Gasteiger partial charge in [0.15, 0.2) is 0 Å². The van der Waals surface area contributed by atoms with Crippen molar-refractivity contribution in [2.24, 2.45) is 5.73 Å². The number of fused-ring (bicyclic) bond motifs is 1. The van der Waals surface area contributed by atoms with Crippen LogP contribution in [-0.4, -0.2) is 20.3 Å². The molecule has 1 aliphatic carbocycles. The second kappa shape index (κ2) is 6.39. The van der Waals surface area contributed by atoms with Crippen LogP contribution in [0, 0.1) is 11.3 Å². The molecule has 130 valence electrons. The highest BCUT2D eigenvalue weighted by atomic mass is 32.1. The third kappa shape index (κ3) is 3.11. The molecule has 0 unspecified atom stereocenters. The summed E-state index contributed by atoms with van der Waals surface area (Å²) in [6, 6.07) is 15.3. The van der Waals surface area contributed by atoms with Gasteiger partial charge in [-0.15, -0.1) is 0 Å². The molecule has 0 bridgehead atoms. The Bertz CT molecular complexity index is 999. The zero-order valence-electron chi connectivity index (χ0n) is 14.0. The molecule has 0 aliphatic heterocycles. The number of hydrogen-bond donors (Lipinski definition) is 2. The van der Waals surface area contributed by atoms with E-state index in [1.807, 2.05) is 42.5 Å². The Balaban J connectivity index is 1.53. The third-order valence-corrected chi connectivity index (χ3v) is 5.59. The van der Waals surface area contributed by atoms with Gasteiger partial charge < -0.3 is 11.1 Å². The predicted octanol–water partition coefficient (Wildman–Crippen LogP) is 3.09. The minimum absolute atomic E-state index is 0.346. The number of aromatic nitrogens is 2. The van der Waals surface area contributed by atoms with Crippen LogP contribution in [0.2, 0.25) is 0 Å². The monoisotopic (exact) mass is 363 g/mol. The van der Waals surface area contributed by atoms with E-state index in [1.165, 1.54) is 17.3 Å². The van der Waals surface area contributed by atoms with Crippen LogP contribution in [0.4, 0.5) is 4.79 Å². The molecule has 1 saturated carbocycles. The number of amides is 2. The number of nitrogens with two attached hydrogens (primary N) is 1. The van der Waals surface area contributed by atoms with Gasteiger partial charge in [-0.3, -0.25) is 0 Å². The maximum atomic E-state index is 11.6. The molecule has 4 rings (SSSR count). The Kier molecular flexibility index (Phi) is 4.05. The van der Waals surface area contributed by atoms with Crippen molar-refractivity contribution >= 4 is 28.8 Å². The van der Waals surface area contributed by atoms with Crippen LogP contribution >= 0.6 is 11.7 Å². The Morgan fingerprint density at radius 2 is 1.96 bits per heavy atom. The van der Waals surface area contributed by atoms with E-state index in [4.69, 9.17) is 11.0 Å². The fourth-order valence-electron chi connectivity index (χ4n) is 3.83. The second-order valence-corrected chi connectivity index (χ2v) is 7.40. The lowest BCUT2D eigenvalue weighted by Gasteiger charge is -2.48. The SMILES string of the molecule is N#Cc1ccc(C2CC(Cc3ccc4nsnc4c3)(NC(N)=O)C2)cc1. The van der Waals surface area contributed by atoms with E-state index in [1.54, 1.807) is 0 Å². The van der Waals surface area contributed by atoms with Gasteiger partial charge in [0.2, 0.25) is 0 Å². The smallest absolute Gasteiger partial charge is 0.312 e. The fourth-order valence-corrected chi connectivity index (χ4v) is 4.35. The molecule has 0 saturated heterocycles. The van der Waals surface area contributed by atoms with Crippen molar-refractivity contribution in [2.45, 2.75) is 30.7 Å². The minimum atomic E-state index is -0.500. The van der Waals surface area contributed by atoms with Gasteiger partial charge in [-0.1, -0.05) is 18.2 Å². The van der Waals surface area contributed by atoms with Gasteiger partial charge in [-0.05, 0) is 60.6 Å². The summed E-state index contributed by atoms with van der Waals surface area (Å²) in [5, 5.41) is 11.9. The molecule has 0 radical (unpaired) electrons. The molecular formula is C19H17N5OS. The molecule has 0 atom stereocenters. The zero-order valence-corrected chi connectivity index (χ0v) is 14.8. The lowest BCUT2D eigenvalue weighted by atomic mass is 9.63. The molecule has 3 aromatic rings. The Morgan fingerprint density at radius 3 is 2.65 bits per heavy atom. The molecule has 1 aromatic heterocycles. The van der Waals surface area contributed by atoms with Crippen molar-refractivity contribution < 1.29 is 4.79 Å². The largest absolute Gasteiger partial charge is 0.352 e. The first-order valence-electron chi connectivity index (χ1n) is 8.36. The Labute approximate surface area is 155 Å². The quantitative estimate of drug-likeness (QED) is 0.743. The zero-order chi connectivity index (χ0) is 18.1. The fraction of sp³-hybridized carbons (Fsp3) is 0.263. The number of rotatable bonds is 4. The lowest BCUT2D eigenvalue weighted by molar-refractivity contribution is 0.156. The summed E-state index contributed by atoms with van der Waals surface area (Å²) in [5.41, 5.74) is 9.80. The first-order valence-corrected chi connectivity index (χ1v) is 9.09. The van der Waals surface area contributed by atoms with Crippen molar-refractivity contribution in [3.8, 4) is 6.07 Å². The minimum Gasteiger partial charge on any atom is -0.352 e. The molecule has 6 nitrogen and oxygen atoms in total. The second-order valence-electron chi connectivity index (χ2n) is 6.87. The molecule has 2 aromatic carbocycles. The molecule has 1 heterocycles. The van der Waals surface area contributed by atoms with E-state index in [-0.39, 0.29) is 5.54 Å². The average Bonchev–Trinajstić information content (AvgIpc) is 3.06. The third-order valence-electron chi connectivity index (χ3n) is 5.03. The van der Waals surface area contributed by atoms with Gasteiger partial charge in [-0.2, -0.15) is 14.0 Å². The van der Waals surface area contributed by atoms with Crippen LogP contribution in [0.5, 0.6) is 0 Å². The van der Waals surface area contributed by atoms with E-state index in [0.29, 0.717) is 17.9 Å². The summed E-state index contributed by atoms with van der Waals surface area (Å²) in [5.74, 6) is 0.347. The number of benzene rings is 2. The van der Waals surface area contributed by atoms with Gasteiger partial charge >= 0.3 is 6.03 Å². The van der Waals surface area contributed by atoms with Gasteiger partial charge in [-0.25, -0.2) is 4.79 Å². The van der Waals surface area contributed by atoms with Crippen LogP contribution in [0.15, 0.2) is 42.5 Å². The van der Waals surface area contributed by atoms with Crippen molar-refractivity contribution in [3.05, 3.63) is 59.2 Å². The maximum absolute atomic E-state index is 11.6. The number of carbonyl (C=O) groups excluding carboxylic acids is 1. The van der Waals surface area contributed by atoms with E-state index in [0.717, 1.165) is 29.4 Å². The van der Waals surface area contributed by atoms with Crippen molar-refractivity contribution in [3.63, 3.8) is 0 Å². The normalized spacial score (nSPS) is 21.7. The highest BCUT2D eigenvalue weighted by molar-refractivity contribution is 7.00.